The fourth-order valence-electron chi connectivity index (χ4n) is 2.40. The summed E-state index contributed by atoms with van der Waals surface area (Å²) in [6, 6.07) is 7.85. The Morgan fingerprint density at radius 1 is 1.42 bits per heavy atom. The summed E-state index contributed by atoms with van der Waals surface area (Å²) < 4.78 is 5.35. The van der Waals surface area contributed by atoms with E-state index in [-0.39, 0.29) is 12.1 Å². The van der Waals surface area contributed by atoms with Crippen molar-refractivity contribution in [1.82, 2.24) is 5.32 Å². The zero-order chi connectivity index (χ0) is 13.7. The maximum Gasteiger partial charge on any atom is 0.0991 e. The maximum atomic E-state index is 9.61. The first-order valence-corrected chi connectivity index (χ1v) is 6.62. The molecule has 0 aromatic heterocycles. The number of nitriles is 1. The summed E-state index contributed by atoms with van der Waals surface area (Å²) in [5, 5.41) is 21.9. The van der Waals surface area contributed by atoms with Crippen molar-refractivity contribution in [3.63, 3.8) is 0 Å². The SMILES string of the molecule is Cc1cc(C#N)ccc1CNC1(CO)CCOCC1. The Hall–Kier alpha value is -1.41. The number of aliphatic hydroxyl groups is 1. The summed E-state index contributed by atoms with van der Waals surface area (Å²) >= 11 is 0. The maximum absolute atomic E-state index is 9.61. The molecule has 102 valence electrons. The lowest BCUT2D eigenvalue weighted by molar-refractivity contribution is 0.0111. The Bertz CT molecular complexity index is 474. The van der Waals surface area contributed by atoms with Gasteiger partial charge in [-0.3, -0.25) is 0 Å². The van der Waals surface area contributed by atoms with Crippen LogP contribution in [0.1, 0.15) is 29.5 Å². The van der Waals surface area contributed by atoms with Crippen molar-refractivity contribution in [2.45, 2.75) is 31.8 Å². The molecule has 1 saturated heterocycles. The van der Waals surface area contributed by atoms with Crippen molar-refractivity contribution in [2.75, 3.05) is 19.8 Å². The van der Waals surface area contributed by atoms with Crippen LogP contribution in [0.4, 0.5) is 0 Å². The van der Waals surface area contributed by atoms with E-state index in [1.807, 2.05) is 25.1 Å². The molecule has 0 atom stereocenters. The second-order valence-electron chi connectivity index (χ2n) is 5.16. The third kappa shape index (κ3) is 3.32. The smallest absolute Gasteiger partial charge is 0.0991 e. The topological polar surface area (TPSA) is 65.3 Å². The fraction of sp³-hybridized carbons (Fsp3) is 0.533. The van der Waals surface area contributed by atoms with E-state index in [1.54, 1.807) is 0 Å². The van der Waals surface area contributed by atoms with Gasteiger partial charge in [0, 0.05) is 25.3 Å². The Morgan fingerprint density at radius 2 is 2.16 bits per heavy atom. The lowest BCUT2D eigenvalue weighted by Gasteiger charge is -2.36. The second-order valence-corrected chi connectivity index (χ2v) is 5.16. The van der Waals surface area contributed by atoms with Gasteiger partial charge in [0.25, 0.3) is 0 Å². The van der Waals surface area contributed by atoms with E-state index in [1.165, 1.54) is 5.56 Å². The highest BCUT2D eigenvalue weighted by Gasteiger charge is 2.31. The molecule has 1 heterocycles. The van der Waals surface area contributed by atoms with Crippen molar-refractivity contribution < 1.29 is 9.84 Å². The molecule has 1 aromatic rings. The quantitative estimate of drug-likeness (QED) is 0.861. The highest BCUT2D eigenvalue weighted by atomic mass is 16.5. The minimum atomic E-state index is -0.224. The lowest BCUT2D eigenvalue weighted by atomic mass is 9.90. The zero-order valence-electron chi connectivity index (χ0n) is 11.3. The average molecular weight is 260 g/mol. The fourth-order valence-corrected chi connectivity index (χ4v) is 2.40. The first-order valence-electron chi connectivity index (χ1n) is 6.62. The molecule has 1 aliphatic heterocycles. The van der Waals surface area contributed by atoms with E-state index in [9.17, 15) is 5.11 Å². The Balaban J connectivity index is 2.03. The number of benzene rings is 1. The van der Waals surface area contributed by atoms with Crippen LogP contribution >= 0.6 is 0 Å². The second kappa shape index (κ2) is 6.16. The van der Waals surface area contributed by atoms with Gasteiger partial charge in [0.1, 0.15) is 0 Å². The Morgan fingerprint density at radius 3 is 2.74 bits per heavy atom. The Kier molecular flexibility index (Phi) is 4.54. The molecule has 0 aliphatic carbocycles. The monoisotopic (exact) mass is 260 g/mol. The first-order chi connectivity index (χ1) is 9.19. The molecule has 2 rings (SSSR count). The van der Waals surface area contributed by atoms with Crippen molar-refractivity contribution in [1.29, 1.82) is 5.26 Å². The van der Waals surface area contributed by atoms with Gasteiger partial charge in [-0.15, -0.1) is 0 Å². The minimum absolute atomic E-state index is 0.131. The molecule has 1 aromatic carbocycles. The molecule has 1 fully saturated rings. The van der Waals surface area contributed by atoms with Gasteiger partial charge in [0.2, 0.25) is 0 Å². The molecular formula is C15H20N2O2. The molecule has 0 radical (unpaired) electrons. The molecule has 0 amide bonds. The number of hydrogen-bond acceptors (Lipinski definition) is 4. The third-order valence-corrected chi connectivity index (χ3v) is 3.88. The lowest BCUT2D eigenvalue weighted by Crippen LogP contribution is -2.51. The van der Waals surface area contributed by atoms with Crippen LogP contribution in [0.15, 0.2) is 18.2 Å². The third-order valence-electron chi connectivity index (χ3n) is 3.88. The van der Waals surface area contributed by atoms with E-state index in [4.69, 9.17) is 10.00 Å². The summed E-state index contributed by atoms with van der Waals surface area (Å²) in [5.41, 5.74) is 2.73. The number of nitrogens with one attached hydrogen (secondary N) is 1. The van der Waals surface area contributed by atoms with Gasteiger partial charge in [0.15, 0.2) is 0 Å². The van der Waals surface area contributed by atoms with Crippen LogP contribution in [0, 0.1) is 18.3 Å². The van der Waals surface area contributed by atoms with Crippen LogP contribution in [0.25, 0.3) is 0 Å². The summed E-state index contributed by atoms with van der Waals surface area (Å²) in [7, 11) is 0. The van der Waals surface area contributed by atoms with Crippen molar-refractivity contribution >= 4 is 0 Å². The standard InChI is InChI=1S/C15H20N2O2/c1-12-8-13(9-16)2-3-14(12)10-17-15(11-18)4-6-19-7-5-15/h2-3,8,17-18H,4-7,10-11H2,1H3. The van der Waals surface area contributed by atoms with Crippen molar-refractivity contribution in [3.05, 3.63) is 34.9 Å². The van der Waals surface area contributed by atoms with Crippen molar-refractivity contribution in [2.24, 2.45) is 0 Å². The van der Waals surface area contributed by atoms with Crippen LogP contribution in [0.2, 0.25) is 0 Å². The molecule has 19 heavy (non-hydrogen) atoms. The van der Waals surface area contributed by atoms with Gasteiger partial charge in [-0.05, 0) is 43.0 Å². The number of ether oxygens (including phenoxy) is 1. The van der Waals surface area contributed by atoms with E-state index in [0.29, 0.717) is 25.3 Å². The van der Waals surface area contributed by atoms with Crippen LogP contribution in [-0.4, -0.2) is 30.5 Å². The van der Waals surface area contributed by atoms with Gasteiger partial charge >= 0.3 is 0 Å². The van der Waals surface area contributed by atoms with Gasteiger partial charge in [-0.2, -0.15) is 5.26 Å². The summed E-state index contributed by atoms with van der Waals surface area (Å²) in [5.74, 6) is 0. The van der Waals surface area contributed by atoms with E-state index in [2.05, 4.69) is 11.4 Å². The molecule has 4 heteroatoms. The molecule has 4 nitrogen and oxygen atoms in total. The minimum Gasteiger partial charge on any atom is -0.394 e. The predicted molar refractivity (Wildman–Crippen MR) is 72.6 cm³/mol. The number of nitrogens with zero attached hydrogens (tertiary/aromatic N) is 1. The van der Waals surface area contributed by atoms with Gasteiger partial charge in [0.05, 0.1) is 18.2 Å². The number of aliphatic hydroxyl groups excluding tert-OH is 1. The molecule has 0 unspecified atom stereocenters. The van der Waals surface area contributed by atoms with Crippen LogP contribution in [-0.2, 0) is 11.3 Å². The van der Waals surface area contributed by atoms with Gasteiger partial charge in [-0.1, -0.05) is 6.07 Å². The zero-order valence-corrected chi connectivity index (χ0v) is 11.3. The van der Waals surface area contributed by atoms with Crippen LogP contribution < -0.4 is 5.32 Å². The molecule has 2 N–H and O–H groups in total. The molecular weight excluding hydrogens is 240 g/mol. The summed E-state index contributed by atoms with van der Waals surface area (Å²) in [6.45, 7) is 4.23. The van der Waals surface area contributed by atoms with Crippen LogP contribution in [0.5, 0.6) is 0 Å². The highest BCUT2D eigenvalue weighted by molar-refractivity contribution is 5.37. The normalized spacial score (nSPS) is 17.9. The van der Waals surface area contributed by atoms with Gasteiger partial charge in [-0.25, -0.2) is 0 Å². The largest absolute Gasteiger partial charge is 0.394 e. The summed E-state index contributed by atoms with van der Waals surface area (Å²) in [6.07, 6.45) is 1.66. The van der Waals surface area contributed by atoms with Crippen LogP contribution in [0.3, 0.4) is 0 Å². The average Bonchev–Trinajstić information content (AvgIpc) is 2.47. The van der Waals surface area contributed by atoms with E-state index in [0.717, 1.165) is 18.4 Å². The Labute approximate surface area is 114 Å². The highest BCUT2D eigenvalue weighted by Crippen LogP contribution is 2.21. The van der Waals surface area contributed by atoms with E-state index < -0.39 is 0 Å². The first kappa shape index (κ1) is 14.0. The van der Waals surface area contributed by atoms with Gasteiger partial charge < -0.3 is 15.2 Å². The van der Waals surface area contributed by atoms with E-state index >= 15 is 0 Å². The van der Waals surface area contributed by atoms with Crippen molar-refractivity contribution in [3.8, 4) is 6.07 Å². The molecule has 1 aliphatic rings. The number of hydrogen-bond donors (Lipinski definition) is 2. The number of aryl methyl sites for hydroxylation is 1. The molecule has 0 spiro atoms. The predicted octanol–water partition coefficient (Wildman–Crippen LogP) is 1.50. The molecule has 0 bridgehead atoms. The number of rotatable bonds is 4. The summed E-state index contributed by atoms with van der Waals surface area (Å²) in [4.78, 5) is 0. The molecule has 0 saturated carbocycles.